The van der Waals surface area contributed by atoms with Gasteiger partial charge in [-0.1, -0.05) is 42.5 Å². The number of thioether (sulfide) groups is 1. The SMILES string of the molecule is O=C(c1ccccc1)c1ccc(N2C(=O)CSC2c2cccc(C(F)(F)F)c2)cc1. The summed E-state index contributed by atoms with van der Waals surface area (Å²) in [5, 5.41) is -0.560. The summed E-state index contributed by atoms with van der Waals surface area (Å²) in [7, 11) is 0. The van der Waals surface area contributed by atoms with Gasteiger partial charge >= 0.3 is 6.18 Å². The molecule has 0 saturated carbocycles. The zero-order valence-corrected chi connectivity index (χ0v) is 16.4. The Bertz CT molecular complexity index is 1080. The van der Waals surface area contributed by atoms with Gasteiger partial charge in [-0.25, -0.2) is 0 Å². The number of benzene rings is 3. The maximum Gasteiger partial charge on any atom is 0.416 e. The Morgan fingerprint density at radius 1 is 0.900 bits per heavy atom. The molecular weight excluding hydrogens is 411 g/mol. The Balaban J connectivity index is 1.62. The summed E-state index contributed by atoms with van der Waals surface area (Å²) in [6.45, 7) is 0. The predicted octanol–water partition coefficient (Wildman–Crippen LogP) is 5.72. The molecule has 0 aliphatic carbocycles. The van der Waals surface area contributed by atoms with Gasteiger partial charge in [-0.2, -0.15) is 13.2 Å². The second-order valence-corrected chi connectivity index (χ2v) is 7.86. The highest BCUT2D eigenvalue weighted by Crippen LogP contribution is 2.43. The van der Waals surface area contributed by atoms with E-state index in [0.29, 0.717) is 22.4 Å². The fraction of sp³-hybridized carbons (Fsp3) is 0.130. The van der Waals surface area contributed by atoms with Gasteiger partial charge < -0.3 is 0 Å². The topological polar surface area (TPSA) is 37.4 Å². The molecule has 1 aliphatic heterocycles. The molecule has 0 N–H and O–H groups in total. The fourth-order valence-electron chi connectivity index (χ4n) is 3.35. The molecule has 1 unspecified atom stereocenters. The highest BCUT2D eigenvalue weighted by atomic mass is 32.2. The van der Waals surface area contributed by atoms with Crippen LogP contribution in [0.15, 0.2) is 78.9 Å². The lowest BCUT2D eigenvalue weighted by molar-refractivity contribution is -0.137. The third-order valence-electron chi connectivity index (χ3n) is 4.81. The average Bonchev–Trinajstić information content (AvgIpc) is 3.15. The first-order valence-electron chi connectivity index (χ1n) is 9.15. The Labute approximate surface area is 175 Å². The van der Waals surface area contributed by atoms with E-state index in [0.717, 1.165) is 12.1 Å². The van der Waals surface area contributed by atoms with Gasteiger partial charge in [0.2, 0.25) is 5.91 Å². The molecule has 0 radical (unpaired) electrons. The number of nitrogens with zero attached hydrogens (tertiary/aromatic N) is 1. The minimum absolute atomic E-state index is 0.140. The van der Waals surface area contributed by atoms with Gasteiger partial charge in [0.1, 0.15) is 5.37 Å². The number of rotatable bonds is 4. The van der Waals surface area contributed by atoms with E-state index in [1.807, 2.05) is 6.07 Å². The van der Waals surface area contributed by atoms with E-state index in [2.05, 4.69) is 0 Å². The maximum absolute atomic E-state index is 13.1. The third kappa shape index (κ3) is 3.98. The smallest absolute Gasteiger partial charge is 0.295 e. The molecule has 30 heavy (non-hydrogen) atoms. The lowest BCUT2D eigenvalue weighted by atomic mass is 10.0. The second-order valence-electron chi connectivity index (χ2n) is 6.79. The van der Waals surface area contributed by atoms with Gasteiger partial charge in [-0.15, -0.1) is 11.8 Å². The van der Waals surface area contributed by atoms with Crippen LogP contribution in [-0.4, -0.2) is 17.4 Å². The van der Waals surface area contributed by atoms with Crippen LogP contribution in [-0.2, 0) is 11.0 Å². The van der Waals surface area contributed by atoms with Gasteiger partial charge in [-0.3, -0.25) is 14.5 Å². The molecule has 7 heteroatoms. The van der Waals surface area contributed by atoms with Gasteiger partial charge in [0, 0.05) is 16.8 Å². The summed E-state index contributed by atoms with van der Waals surface area (Å²) in [6.07, 6.45) is -4.45. The van der Waals surface area contributed by atoms with E-state index in [4.69, 9.17) is 0 Å². The minimum Gasteiger partial charge on any atom is -0.295 e. The molecule has 1 atom stereocenters. The number of hydrogen-bond acceptors (Lipinski definition) is 3. The van der Waals surface area contributed by atoms with Crippen LogP contribution in [0.1, 0.15) is 32.4 Å². The van der Waals surface area contributed by atoms with Crippen molar-refractivity contribution < 1.29 is 22.8 Å². The van der Waals surface area contributed by atoms with Crippen LogP contribution < -0.4 is 4.90 Å². The highest BCUT2D eigenvalue weighted by molar-refractivity contribution is 8.00. The summed E-state index contributed by atoms with van der Waals surface area (Å²) in [5.74, 6) is -0.158. The second kappa shape index (κ2) is 7.99. The average molecular weight is 427 g/mol. The van der Waals surface area contributed by atoms with Gasteiger partial charge in [0.15, 0.2) is 5.78 Å². The largest absolute Gasteiger partial charge is 0.416 e. The normalized spacial score (nSPS) is 16.7. The molecule has 0 spiro atoms. The number of hydrogen-bond donors (Lipinski definition) is 0. The van der Waals surface area contributed by atoms with Crippen molar-refractivity contribution in [1.29, 1.82) is 0 Å². The molecule has 152 valence electrons. The van der Waals surface area contributed by atoms with Crippen molar-refractivity contribution in [2.45, 2.75) is 11.6 Å². The van der Waals surface area contributed by atoms with Crippen LogP contribution in [0.25, 0.3) is 0 Å². The van der Waals surface area contributed by atoms with Crippen molar-refractivity contribution in [3.05, 3.63) is 101 Å². The minimum atomic E-state index is -4.45. The molecule has 1 fully saturated rings. The van der Waals surface area contributed by atoms with Crippen LogP contribution >= 0.6 is 11.8 Å². The predicted molar refractivity (Wildman–Crippen MR) is 110 cm³/mol. The van der Waals surface area contributed by atoms with Crippen LogP contribution in [0.3, 0.4) is 0 Å². The van der Waals surface area contributed by atoms with Crippen LogP contribution in [0.2, 0.25) is 0 Å². The summed E-state index contributed by atoms with van der Waals surface area (Å²) < 4.78 is 39.3. The maximum atomic E-state index is 13.1. The number of anilines is 1. The summed E-state index contributed by atoms with van der Waals surface area (Å²) in [6, 6.07) is 20.4. The molecule has 3 aromatic carbocycles. The lowest BCUT2D eigenvalue weighted by Gasteiger charge is -2.25. The zero-order valence-electron chi connectivity index (χ0n) is 15.6. The van der Waals surface area contributed by atoms with E-state index in [-0.39, 0.29) is 17.4 Å². The molecule has 4 rings (SSSR count). The van der Waals surface area contributed by atoms with Gasteiger partial charge in [-0.05, 0) is 42.0 Å². The first-order valence-corrected chi connectivity index (χ1v) is 10.2. The quantitative estimate of drug-likeness (QED) is 0.500. The van der Waals surface area contributed by atoms with Gasteiger partial charge in [0.25, 0.3) is 0 Å². The molecule has 1 aliphatic rings. The van der Waals surface area contributed by atoms with Crippen molar-refractivity contribution in [3.8, 4) is 0 Å². The van der Waals surface area contributed by atoms with Crippen molar-refractivity contribution in [3.63, 3.8) is 0 Å². The molecule has 3 aromatic rings. The fourth-order valence-corrected chi connectivity index (χ4v) is 4.51. The molecule has 1 amide bonds. The van der Waals surface area contributed by atoms with Crippen molar-refractivity contribution in [1.82, 2.24) is 0 Å². The number of carbonyl (C=O) groups is 2. The standard InChI is InChI=1S/C23H16F3NO2S/c24-23(25,26)18-8-4-7-17(13-18)22-27(20(28)14-30-22)19-11-9-16(10-12-19)21(29)15-5-2-1-3-6-15/h1-13,22H,14H2. The van der Waals surface area contributed by atoms with Crippen LogP contribution in [0.5, 0.6) is 0 Å². The Kier molecular flexibility index (Phi) is 5.39. The number of carbonyl (C=O) groups excluding carboxylic acids is 2. The molecule has 1 heterocycles. The van der Waals surface area contributed by atoms with Crippen LogP contribution in [0, 0.1) is 0 Å². The summed E-state index contributed by atoms with van der Waals surface area (Å²) >= 11 is 1.28. The number of alkyl halides is 3. The molecule has 1 saturated heterocycles. The highest BCUT2D eigenvalue weighted by Gasteiger charge is 2.36. The van der Waals surface area contributed by atoms with Crippen molar-refractivity contribution >= 4 is 29.1 Å². The van der Waals surface area contributed by atoms with Gasteiger partial charge in [0.05, 0.1) is 11.3 Å². The van der Waals surface area contributed by atoms with E-state index in [1.165, 1.54) is 22.7 Å². The first kappa shape index (κ1) is 20.2. The van der Waals surface area contributed by atoms with E-state index < -0.39 is 17.1 Å². The summed E-state index contributed by atoms with van der Waals surface area (Å²) in [4.78, 5) is 26.5. The molecule has 0 bridgehead atoms. The van der Waals surface area contributed by atoms with Crippen molar-refractivity contribution in [2.24, 2.45) is 0 Å². The zero-order chi connectivity index (χ0) is 21.3. The lowest BCUT2D eigenvalue weighted by Crippen LogP contribution is -2.28. The van der Waals surface area contributed by atoms with Crippen LogP contribution in [0.4, 0.5) is 18.9 Å². The third-order valence-corrected chi connectivity index (χ3v) is 6.02. The van der Waals surface area contributed by atoms with E-state index in [1.54, 1.807) is 54.6 Å². The monoisotopic (exact) mass is 427 g/mol. The van der Waals surface area contributed by atoms with Crippen molar-refractivity contribution in [2.75, 3.05) is 10.7 Å². The van der Waals surface area contributed by atoms with E-state index >= 15 is 0 Å². The molecule has 0 aromatic heterocycles. The number of ketones is 1. The summed E-state index contributed by atoms with van der Waals surface area (Å²) in [5.41, 5.74) is 1.23. The molecule has 3 nitrogen and oxygen atoms in total. The Morgan fingerprint density at radius 3 is 2.23 bits per heavy atom. The molecular formula is C23H16F3NO2S. The Morgan fingerprint density at radius 2 is 1.57 bits per heavy atom. The first-order chi connectivity index (χ1) is 14.3. The number of amides is 1. The number of halogens is 3. The Hall–Kier alpha value is -3.06. The van der Waals surface area contributed by atoms with E-state index in [9.17, 15) is 22.8 Å².